The number of carbonyl (C=O) groups excluding carboxylic acids is 2. The summed E-state index contributed by atoms with van der Waals surface area (Å²) in [6.07, 6.45) is 0.542. The van der Waals surface area contributed by atoms with Crippen molar-refractivity contribution in [2.75, 3.05) is 59.4 Å². The Balaban J connectivity index is 1.77. The highest BCUT2D eigenvalue weighted by Crippen LogP contribution is 2.06. The third kappa shape index (κ3) is 19.0. The maximum Gasteiger partial charge on any atom is 0.407 e. The summed E-state index contributed by atoms with van der Waals surface area (Å²) in [4.78, 5) is 23.1. The maximum absolute atomic E-state index is 11.6. The molecule has 188 valence electrons. The van der Waals surface area contributed by atoms with E-state index in [0.29, 0.717) is 59.4 Å². The first-order valence-corrected chi connectivity index (χ1v) is 11.3. The van der Waals surface area contributed by atoms with Crippen LogP contribution >= 0.6 is 0 Å². The molecule has 0 aliphatic carbocycles. The van der Waals surface area contributed by atoms with Crippen LogP contribution in [-0.2, 0) is 39.8 Å². The third-order valence-corrected chi connectivity index (χ3v) is 3.93. The molecule has 1 N–H and O–H groups in total. The van der Waals surface area contributed by atoms with Gasteiger partial charge < -0.3 is 33.7 Å². The first-order valence-electron chi connectivity index (χ1n) is 11.3. The first-order chi connectivity index (χ1) is 15.9. The summed E-state index contributed by atoms with van der Waals surface area (Å²) in [5.74, 6) is -0.278. The molecule has 0 heterocycles. The number of rotatable bonds is 18. The van der Waals surface area contributed by atoms with Crippen molar-refractivity contribution in [1.29, 1.82) is 0 Å². The molecule has 0 aromatic heterocycles. The SMILES string of the molecule is CC(C)(C)OC(=O)NCCOCCOCCCOCCOCCC(=O)OCc1ccccc1. The van der Waals surface area contributed by atoms with E-state index in [1.807, 2.05) is 51.1 Å². The van der Waals surface area contributed by atoms with Crippen molar-refractivity contribution in [2.24, 2.45) is 0 Å². The fourth-order valence-corrected chi connectivity index (χ4v) is 2.41. The molecule has 0 aliphatic rings. The van der Waals surface area contributed by atoms with Gasteiger partial charge in [-0.3, -0.25) is 4.79 Å². The Morgan fingerprint density at radius 1 is 0.788 bits per heavy atom. The lowest BCUT2D eigenvalue weighted by Crippen LogP contribution is -2.34. The predicted octanol–water partition coefficient (Wildman–Crippen LogP) is 3.10. The molecule has 0 atom stereocenters. The van der Waals surface area contributed by atoms with Crippen LogP contribution in [0.15, 0.2) is 30.3 Å². The number of esters is 1. The summed E-state index contributed by atoms with van der Waals surface area (Å²) < 4.78 is 32.0. The fourth-order valence-electron chi connectivity index (χ4n) is 2.41. The molecule has 0 bridgehead atoms. The van der Waals surface area contributed by atoms with E-state index in [0.717, 1.165) is 12.0 Å². The number of hydrogen-bond donors (Lipinski definition) is 1. The Morgan fingerprint density at radius 3 is 1.97 bits per heavy atom. The Kier molecular flexibility index (Phi) is 15.9. The molecule has 1 amide bonds. The number of amides is 1. The largest absolute Gasteiger partial charge is 0.461 e. The molecule has 1 aromatic carbocycles. The summed E-state index contributed by atoms with van der Waals surface area (Å²) in [5, 5.41) is 2.62. The highest BCUT2D eigenvalue weighted by atomic mass is 16.6. The number of ether oxygens (including phenoxy) is 6. The van der Waals surface area contributed by atoms with Gasteiger partial charge in [0, 0.05) is 19.8 Å². The number of alkyl carbamates (subject to hydrolysis) is 1. The van der Waals surface area contributed by atoms with E-state index in [4.69, 9.17) is 28.4 Å². The van der Waals surface area contributed by atoms with Crippen LogP contribution in [0.5, 0.6) is 0 Å². The Labute approximate surface area is 197 Å². The zero-order valence-corrected chi connectivity index (χ0v) is 20.1. The molecule has 1 aromatic rings. The van der Waals surface area contributed by atoms with E-state index in [1.54, 1.807) is 0 Å². The van der Waals surface area contributed by atoms with Gasteiger partial charge in [-0.05, 0) is 32.8 Å². The Bertz CT molecular complexity index is 633. The minimum Gasteiger partial charge on any atom is -0.461 e. The van der Waals surface area contributed by atoms with Crippen molar-refractivity contribution >= 4 is 12.1 Å². The molecule has 9 nitrogen and oxygen atoms in total. The number of hydrogen-bond acceptors (Lipinski definition) is 8. The molecule has 0 radical (unpaired) electrons. The maximum atomic E-state index is 11.6. The van der Waals surface area contributed by atoms with Crippen molar-refractivity contribution in [3.8, 4) is 0 Å². The van der Waals surface area contributed by atoms with Gasteiger partial charge in [0.2, 0.25) is 0 Å². The minimum absolute atomic E-state index is 0.222. The molecule has 0 saturated heterocycles. The van der Waals surface area contributed by atoms with Crippen molar-refractivity contribution in [1.82, 2.24) is 5.32 Å². The smallest absolute Gasteiger partial charge is 0.407 e. The standard InChI is InChI=1S/C24H39NO8/c1-24(2,3)33-23(27)25-11-15-31-19-17-29-13-7-12-28-16-18-30-14-10-22(26)32-20-21-8-5-4-6-9-21/h4-6,8-9H,7,10-20H2,1-3H3,(H,25,27). The van der Waals surface area contributed by atoms with Crippen molar-refractivity contribution in [3.63, 3.8) is 0 Å². The van der Waals surface area contributed by atoms with Gasteiger partial charge in [-0.1, -0.05) is 30.3 Å². The topological polar surface area (TPSA) is 102 Å². The predicted molar refractivity (Wildman–Crippen MR) is 123 cm³/mol. The number of benzene rings is 1. The van der Waals surface area contributed by atoms with Crippen LogP contribution in [0.3, 0.4) is 0 Å². The molecule has 0 unspecified atom stereocenters. The summed E-state index contributed by atoms with van der Waals surface area (Å²) in [6.45, 7) is 9.80. The molecule has 0 aliphatic heterocycles. The monoisotopic (exact) mass is 469 g/mol. The lowest BCUT2D eigenvalue weighted by molar-refractivity contribution is -0.146. The van der Waals surface area contributed by atoms with Gasteiger partial charge in [0.1, 0.15) is 12.2 Å². The fraction of sp³-hybridized carbons (Fsp3) is 0.667. The van der Waals surface area contributed by atoms with Gasteiger partial charge in [-0.2, -0.15) is 0 Å². The average molecular weight is 470 g/mol. The zero-order chi connectivity index (χ0) is 24.2. The van der Waals surface area contributed by atoms with Crippen LogP contribution < -0.4 is 5.32 Å². The van der Waals surface area contributed by atoms with Crippen LogP contribution in [-0.4, -0.2) is 77.1 Å². The lowest BCUT2D eigenvalue weighted by atomic mass is 10.2. The minimum atomic E-state index is -0.506. The van der Waals surface area contributed by atoms with Crippen molar-refractivity contribution in [3.05, 3.63) is 35.9 Å². The molecule has 0 fully saturated rings. The molecule has 9 heteroatoms. The lowest BCUT2D eigenvalue weighted by Gasteiger charge is -2.19. The summed E-state index contributed by atoms with van der Waals surface area (Å²) in [5.41, 5.74) is 0.456. The number of carbonyl (C=O) groups is 2. The zero-order valence-electron chi connectivity index (χ0n) is 20.1. The van der Waals surface area contributed by atoms with Gasteiger partial charge >= 0.3 is 12.1 Å². The molecular weight excluding hydrogens is 430 g/mol. The van der Waals surface area contributed by atoms with Crippen LogP contribution in [0, 0.1) is 0 Å². The second kappa shape index (κ2) is 18.3. The molecule has 1 rings (SSSR count). The van der Waals surface area contributed by atoms with Gasteiger partial charge in [0.05, 0.1) is 46.1 Å². The normalized spacial score (nSPS) is 11.2. The van der Waals surface area contributed by atoms with Crippen molar-refractivity contribution < 1.29 is 38.0 Å². The first kappa shape index (κ1) is 28.8. The van der Waals surface area contributed by atoms with E-state index < -0.39 is 11.7 Å². The molecule has 33 heavy (non-hydrogen) atoms. The third-order valence-electron chi connectivity index (χ3n) is 3.93. The molecular formula is C24H39NO8. The van der Waals surface area contributed by atoms with Crippen molar-refractivity contribution in [2.45, 2.75) is 45.8 Å². The second-order valence-corrected chi connectivity index (χ2v) is 8.13. The van der Waals surface area contributed by atoms with Gasteiger partial charge in [-0.15, -0.1) is 0 Å². The van der Waals surface area contributed by atoms with Gasteiger partial charge in [-0.25, -0.2) is 4.79 Å². The highest BCUT2D eigenvalue weighted by Gasteiger charge is 2.15. The summed E-state index contributed by atoms with van der Waals surface area (Å²) >= 11 is 0. The number of nitrogens with one attached hydrogen (secondary N) is 1. The van der Waals surface area contributed by atoms with E-state index >= 15 is 0 Å². The van der Waals surface area contributed by atoms with E-state index in [9.17, 15) is 9.59 Å². The average Bonchev–Trinajstić information content (AvgIpc) is 2.77. The Morgan fingerprint density at radius 2 is 1.36 bits per heavy atom. The van der Waals surface area contributed by atoms with Crippen LogP contribution in [0.2, 0.25) is 0 Å². The van der Waals surface area contributed by atoms with Gasteiger partial charge in [0.25, 0.3) is 0 Å². The summed E-state index contributed by atoms with van der Waals surface area (Å²) in [6, 6.07) is 9.56. The molecule has 0 spiro atoms. The van der Waals surface area contributed by atoms with E-state index in [1.165, 1.54) is 0 Å². The van der Waals surface area contributed by atoms with Crippen LogP contribution in [0.4, 0.5) is 4.79 Å². The quantitative estimate of drug-likeness (QED) is 0.259. The second-order valence-electron chi connectivity index (χ2n) is 8.13. The Hall–Kier alpha value is -2.20. The van der Waals surface area contributed by atoms with Crippen LogP contribution in [0.25, 0.3) is 0 Å². The molecule has 0 saturated carbocycles. The van der Waals surface area contributed by atoms with E-state index in [2.05, 4.69) is 5.32 Å². The van der Waals surface area contributed by atoms with Gasteiger partial charge in [0.15, 0.2) is 0 Å². The van der Waals surface area contributed by atoms with E-state index in [-0.39, 0.29) is 19.0 Å². The van der Waals surface area contributed by atoms with Crippen LogP contribution in [0.1, 0.15) is 39.2 Å². The highest BCUT2D eigenvalue weighted by molar-refractivity contribution is 5.69. The summed E-state index contributed by atoms with van der Waals surface area (Å²) in [7, 11) is 0.